The first-order chi connectivity index (χ1) is 12.8. The molecule has 0 saturated heterocycles. The van der Waals surface area contributed by atoms with Crippen LogP contribution >= 0.6 is 0 Å². The molecule has 1 aliphatic rings. The third-order valence-corrected chi connectivity index (χ3v) is 4.79. The van der Waals surface area contributed by atoms with Crippen molar-refractivity contribution < 1.29 is 22.4 Å². The van der Waals surface area contributed by atoms with Gasteiger partial charge >= 0.3 is 6.18 Å². The number of furan rings is 1. The molecule has 0 spiro atoms. The number of aryl methyl sites for hydroxylation is 1. The summed E-state index contributed by atoms with van der Waals surface area (Å²) >= 11 is 0. The van der Waals surface area contributed by atoms with Crippen molar-refractivity contribution in [3.8, 4) is 0 Å². The maximum absolute atomic E-state index is 12.9. The van der Waals surface area contributed by atoms with Gasteiger partial charge in [0.15, 0.2) is 5.69 Å². The lowest BCUT2D eigenvalue weighted by Crippen LogP contribution is -2.40. The average Bonchev–Trinajstić information content (AvgIpc) is 3.25. The summed E-state index contributed by atoms with van der Waals surface area (Å²) in [7, 11) is 1.68. The third kappa shape index (κ3) is 4.52. The number of amides is 1. The molecule has 0 aromatic carbocycles. The average molecular weight is 384 g/mol. The molecule has 148 valence electrons. The number of alkyl halides is 3. The minimum absolute atomic E-state index is 0.240. The van der Waals surface area contributed by atoms with E-state index < -0.39 is 12.7 Å². The largest absolute Gasteiger partial charge is 0.472 e. The summed E-state index contributed by atoms with van der Waals surface area (Å²) in [4.78, 5) is 14.5. The number of hydrogen-bond donors (Lipinski definition) is 1. The van der Waals surface area contributed by atoms with E-state index in [-0.39, 0.29) is 11.9 Å². The molecule has 0 bridgehead atoms. The molecule has 1 amide bonds. The second-order valence-electron chi connectivity index (χ2n) is 6.82. The summed E-state index contributed by atoms with van der Waals surface area (Å²) in [6.07, 6.45) is 0.417. The first-order valence-corrected chi connectivity index (χ1v) is 8.93. The van der Waals surface area contributed by atoms with Crippen molar-refractivity contribution in [2.45, 2.75) is 51.5 Å². The molecule has 0 aliphatic heterocycles. The number of nitrogens with one attached hydrogen (secondary N) is 1. The lowest BCUT2D eigenvalue weighted by atomic mass is 9.91. The minimum Gasteiger partial charge on any atom is -0.472 e. The molecule has 0 radical (unpaired) electrons. The Hall–Kier alpha value is -2.29. The van der Waals surface area contributed by atoms with Gasteiger partial charge in [-0.1, -0.05) is 0 Å². The van der Waals surface area contributed by atoms with E-state index >= 15 is 0 Å². The highest BCUT2D eigenvalue weighted by molar-refractivity contribution is 5.94. The Morgan fingerprint density at radius 1 is 1.48 bits per heavy atom. The zero-order chi connectivity index (χ0) is 19.6. The fraction of sp³-hybridized carbons (Fsp3) is 0.556. The zero-order valence-electron chi connectivity index (χ0n) is 15.3. The smallest absolute Gasteiger partial charge is 0.401 e. The van der Waals surface area contributed by atoms with Crippen molar-refractivity contribution in [3.63, 3.8) is 0 Å². The van der Waals surface area contributed by atoms with Crippen molar-refractivity contribution in [1.82, 2.24) is 20.0 Å². The van der Waals surface area contributed by atoms with E-state index in [0.717, 1.165) is 16.8 Å². The van der Waals surface area contributed by atoms with E-state index in [4.69, 9.17) is 4.42 Å². The first-order valence-electron chi connectivity index (χ1n) is 8.93. The van der Waals surface area contributed by atoms with Gasteiger partial charge in [-0.15, -0.1) is 0 Å². The number of carbonyl (C=O) groups excluding carboxylic acids is 1. The van der Waals surface area contributed by atoms with Crippen molar-refractivity contribution >= 4 is 5.91 Å². The van der Waals surface area contributed by atoms with Gasteiger partial charge in [0.2, 0.25) is 0 Å². The molecule has 2 heterocycles. The lowest BCUT2D eigenvalue weighted by molar-refractivity contribution is -0.126. The standard InChI is InChI=1S/C18H23F3N4O2/c1-3-25-15-5-4-13(22-11-18(19,20)21)8-14(15)16(23-25)17(26)24(2)9-12-6-7-27-10-12/h6-7,10,13,22H,3-5,8-9,11H2,1-2H3/t13-/m1/s1. The van der Waals surface area contributed by atoms with E-state index in [1.165, 1.54) is 6.26 Å². The molecule has 0 unspecified atom stereocenters. The fourth-order valence-corrected chi connectivity index (χ4v) is 3.46. The van der Waals surface area contributed by atoms with Crippen LogP contribution in [0.2, 0.25) is 0 Å². The number of rotatable bonds is 6. The van der Waals surface area contributed by atoms with Crippen molar-refractivity contribution in [2.75, 3.05) is 13.6 Å². The van der Waals surface area contributed by atoms with Gasteiger partial charge in [-0.05, 0) is 32.3 Å². The fourth-order valence-electron chi connectivity index (χ4n) is 3.46. The van der Waals surface area contributed by atoms with Crippen molar-refractivity contribution in [1.29, 1.82) is 0 Å². The molecule has 0 fully saturated rings. The quantitative estimate of drug-likeness (QED) is 0.832. The van der Waals surface area contributed by atoms with Crippen LogP contribution in [0.15, 0.2) is 23.0 Å². The topological polar surface area (TPSA) is 63.3 Å². The van der Waals surface area contributed by atoms with Gasteiger partial charge < -0.3 is 14.6 Å². The Bertz CT molecular complexity index is 783. The number of fused-ring (bicyclic) bond motifs is 1. The van der Waals surface area contributed by atoms with Crippen LogP contribution in [0.4, 0.5) is 13.2 Å². The Morgan fingerprint density at radius 2 is 2.26 bits per heavy atom. The van der Waals surface area contributed by atoms with Crippen LogP contribution in [-0.2, 0) is 25.9 Å². The Labute approximate surface area is 155 Å². The van der Waals surface area contributed by atoms with E-state index in [9.17, 15) is 18.0 Å². The van der Waals surface area contributed by atoms with Gasteiger partial charge in [0.05, 0.1) is 19.1 Å². The van der Waals surface area contributed by atoms with Gasteiger partial charge in [-0.25, -0.2) is 0 Å². The monoisotopic (exact) mass is 384 g/mol. The molecule has 6 nitrogen and oxygen atoms in total. The maximum atomic E-state index is 12.9. The SMILES string of the molecule is CCn1nc(C(=O)N(C)Cc2ccoc2)c2c1CC[C@@H](NCC(F)(F)F)C2. The van der Waals surface area contributed by atoms with Crippen LogP contribution in [0.25, 0.3) is 0 Å². The molecule has 2 aromatic rings. The molecular formula is C18H23F3N4O2. The Morgan fingerprint density at radius 3 is 2.89 bits per heavy atom. The highest BCUT2D eigenvalue weighted by Crippen LogP contribution is 2.27. The summed E-state index contributed by atoms with van der Waals surface area (Å²) in [5.41, 5.74) is 2.89. The molecule has 9 heteroatoms. The highest BCUT2D eigenvalue weighted by Gasteiger charge is 2.33. The highest BCUT2D eigenvalue weighted by atomic mass is 19.4. The summed E-state index contributed by atoms with van der Waals surface area (Å²) in [5.74, 6) is -0.240. The summed E-state index contributed by atoms with van der Waals surface area (Å²) < 4.78 is 44.3. The van der Waals surface area contributed by atoms with Gasteiger partial charge in [0.25, 0.3) is 5.91 Å². The predicted molar refractivity (Wildman–Crippen MR) is 92.3 cm³/mol. The van der Waals surface area contributed by atoms with Gasteiger partial charge in [0, 0.05) is 43.0 Å². The minimum atomic E-state index is -4.25. The summed E-state index contributed by atoms with van der Waals surface area (Å²) in [6.45, 7) is 1.89. The van der Waals surface area contributed by atoms with E-state index in [0.29, 0.717) is 38.0 Å². The Balaban J connectivity index is 1.78. The molecule has 2 aromatic heterocycles. The maximum Gasteiger partial charge on any atom is 0.401 e. The Kier molecular flexibility index (Phi) is 5.59. The summed E-state index contributed by atoms with van der Waals surface area (Å²) in [6, 6.07) is 1.46. The van der Waals surface area contributed by atoms with Crippen LogP contribution in [0, 0.1) is 0 Å². The lowest BCUT2D eigenvalue weighted by Gasteiger charge is -2.25. The van der Waals surface area contributed by atoms with Gasteiger partial charge in [-0.2, -0.15) is 18.3 Å². The number of aromatic nitrogens is 2. The van der Waals surface area contributed by atoms with Crippen molar-refractivity contribution in [2.24, 2.45) is 0 Å². The number of halogens is 3. The van der Waals surface area contributed by atoms with Crippen LogP contribution in [-0.4, -0.2) is 46.4 Å². The van der Waals surface area contributed by atoms with Gasteiger partial charge in [0.1, 0.15) is 0 Å². The molecule has 1 atom stereocenters. The number of carbonyl (C=O) groups is 1. The third-order valence-electron chi connectivity index (χ3n) is 4.79. The van der Waals surface area contributed by atoms with E-state index in [2.05, 4.69) is 10.4 Å². The molecule has 1 N–H and O–H groups in total. The van der Waals surface area contributed by atoms with Crippen LogP contribution in [0.3, 0.4) is 0 Å². The van der Waals surface area contributed by atoms with E-state index in [1.54, 1.807) is 29.0 Å². The number of hydrogen-bond acceptors (Lipinski definition) is 4. The first kappa shape index (κ1) is 19.5. The van der Waals surface area contributed by atoms with Crippen LogP contribution in [0.5, 0.6) is 0 Å². The normalized spacial score (nSPS) is 17.0. The van der Waals surface area contributed by atoms with Crippen LogP contribution < -0.4 is 5.32 Å². The second-order valence-corrected chi connectivity index (χ2v) is 6.82. The molecule has 0 saturated carbocycles. The van der Waals surface area contributed by atoms with Crippen molar-refractivity contribution in [3.05, 3.63) is 41.1 Å². The molecular weight excluding hydrogens is 361 g/mol. The zero-order valence-corrected chi connectivity index (χ0v) is 15.3. The predicted octanol–water partition coefficient (Wildman–Crippen LogP) is 2.78. The van der Waals surface area contributed by atoms with Crippen LogP contribution in [0.1, 0.15) is 40.7 Å². The van der Waals surface area contributed by atoms with E-state index in [1.807, 2.05) is 6.92 Å². The second kappa shape index (κ2) is 7.75. The van der Waals surface area contributed by atoms with Gasteiger partial charge in [-0.3, -0.25) is 9.48 Å². The molecule has 3 rings (SSSR count). The number of nitrogens with zero attached hydrogens (tertiary/aromatic N) is 3. The molecule has 1 aliphatic carbocycles. The molecule has 27 heavy (non-hydrogen) atoms. The summed E-state index contributed by atoms with van der Waals surface area (Å²) in [5, 5.41) is 7.02.